The van der Waals surface area contributed by atoms with Crippen molar-refractivity contribution >= 4 is 22.7 Å². The van der Waals surface area contributed by atoms with E-state index in [1.165, 1.54) is 6.92 Å². The number of fused-ring (bicyclic) bond motifs is 1. The molecule has 2 rings (SSSR count). The zero-order valence-corrected chi connectivity index (χ0v) is 12.3. The second-order valence-corrected chi connectivity index (χ2v) is 5.13. The van der Waals surface area contributed by atoms with Crippen molar-refractivity contribution in [1.82, 2.24) is 4.57 Å². The van der Waals surface area contributed by atoms with Crippen LogP contribution >= 0.6 is 0 Å². The van der Waals surface area contributed by atoms with Gasteiger partial charge in [0.1, 0.15) is 0 Å². The molecule has 0 radical (unpaired) electrons. The van der Waals surface area contributed by atoms with Crippen LogP contribution in [0.15, 0.2) is 12.1 Å². The number of carboxylic acid groups (broad SMARTS) is 1. The van der Waals surface area contributed by atoms with E-state index in [4.69, 9.17) is 0 Å². The maximum atomic E-state index is 11.9. The number of benzene rings is 1. The van der Waals surface area contributed by atoms with Gasteiger partial charge in [0, 0.05) is 23.2 Å². The summed E-state index contributed by atoms with van der Waals surface area (Å²) in [6, 6.07) is 3.63. The summed E-state index contributed by atoms with van der Waals surface area (Å²) in [5.74, 6) is -0.972. The molecule has 20 heavy (non-hydrogen) atoms. The number of rotatable bonds is 4. The van der Waals surface area contributed by atoms with Gasteiger partial charge in [-0.15, -0.1) is 0 Å². The van der Waals surface area contributed by atoms with Crippen LogP contribution in [0.5, 0.6) is 0 Å². The van der Waals surface area contributed by atoms with Gasteiger partial charge >= 0.3 is 5.97 Å². The fraction of sp³-hybridized carbons (Fsp3) is 0.375. The molecule has 106 valence electrons. The number of aromatic nitrogens is 1. The van der Waals surface area contributed by atoms with Gasteiger partial charge in [-0.2, -0.15) is 0 Å². The van der Waals surface area contributed by atoms with Crippen molar-refractivity contribution in [2.45, 2.75) is 40.7 Å². The van der Waals surface area contributed by atoms with Crippen LogP contribution < -0.4 is 0 Å². The summed E-state index contributed by atoms with van der Waals surface area (Å²) in [7, 11) is 0. The summed E-state index contributed by atoms with van der Waals surface area (Å²) in [5, 5.41) is 10.2. The largest absolute Gasteiger partial charge is 0.478 e. The second kappa shape index (κ2) is 5.12. The first kappa shape index (κ1) is 14.3. The molecule has 0 unspecified atom stereocenters. The molecular formula is C16H19NO3. The lowest BCUT2D eigenvalue weighted by molar-refractivity contribution is 0.0697. The van der Waals surface area contributed by atoms with Crippen LogP contribution in [-0.2, 0) is 6.54 Å². The molecule has 0 bridgehead atoms. The van der Waals surface area contributed by atoms with Crippen molar-refractivity contribution in [2.24, 2.45) is 0 Å². The standard InChI is InChI=1S/C16H19NO3/c1-5-8-17-10(3)14(11(4)18)12-7-6-9(2)13(15(12)17)16(19)20/h6-7H,5,8H2,1-4H3,(H,19,20). The molecule has 0 amide bonds. The Labute approximate surface area is 118 Å². The Hall–Kier alpha value is -2.10. The van der Waals surface area contributed by atoms with Gasteiger partial charge < -0.3 is 9.67 Å². The number of carboxylic acids is 1. The molecule has 0 saturated carbocycles. The molecule has 1 aromatic carbocycles. The van der Waals surface area contributed by atoms with E-state index < -0.39 is 5.97 Å². The smallest absolute Gasteiger partial charge is 0.338 e. The molecule has 0 atom stereocenters. The van der Waals surface area contributed by atoms with E-state index in [9.17, 15) is 14.7 Å². The fourth-order valence-electron chi connectivity index (χ4n) is 2.89. The van der Waals surface area contributed by atoms with Crippen LogP contribution in [0, 0.1) is 13.8 Å². The molecule has 0 aliphatic heterocycles. The van der Waals surface area contributed by atoms with Crippen LogP contribution in [0.2, 0.25) is 0 Å². The zero-order chi connectivity index (χ0) is 15.0. The Morgan fingerprint density at radius 1 is 1.20 bits per heavy atom. The Kier molecular flexibility index (Phi) is 3.66. The Balaban J connectivity index is 3.00. The van der Waals surface area contributed by atoms with E-state index in [1.807, 2.05) is 24.5 Å². The van der Waals surface area contributed by atoms with Gasteiger partial charge in [-0.1, -0.05) is 19.1 Å². The lowest BCUT2D eigenvalue weighted by atomic mass is 10.0. The topological polar surface area (TPSA) is 59.3 Å². The average Bonchev–Trinajstić information content (AvgIpc) is 2.62. The third kappa shape index (κ3) is 2.01. The molecule has 4 heteroatoms. The van der Waals surface area contributed by atoms with Crippen LogP contribution in [0.4, 0.5) is 0 Å². The number of hydrogen-bond acceptors (Lipinski definition) is 2. The third-order valence-corrected chi connectivity index (χ3v) is 3.71. The summed E-state index contributed by atoms with van der Waals surface area (Å²) in [5.41, 5.74) is 3.17. The number of nitrogens with zero attached hydrogens (tertiary/aromatic N) is 1. The Morgan fingerprint density at radius 2 is 1.85 bits per heavy atom. The number of carbonyl (C=O) groups is 2. The van der Waals surface area contributed by atoms with Crippen LogP contribution in [0.1, 0.15) is 52.2 Å². The number of hydrogen-bond donors (Lipinski definition) is 1. The monoisotopic (exact) mass is 273 g/mol. The van der Waals surface area contributed by atoms with E-state index in [1.54, 1.807) is 13.0 Å². The minimum atomic E-state index is -0.946. The highest BCUT2D eigenvalue weighted by Crippen LogP contribution is 2.31. The van der Waals surface area contributed by atoms with Crippen molar-refractivity contribution in [3.63, 3.8) is 0 Å². The number of Topliss-reactive ketones (excluding diaryl/α,β-unsaturated/α-hetero) is 1. The maximum Gasteiger partial charge on any atom is 0.338 e. The van der Waals surface area contributed by atoms with E-state index in [0.717, 1.165) is 23.1 Å². The molecule has 0 saturated heterocycles. The molecule has 1 N–H and O–H groups in total. The molecule has 1 heterocycles. The highest BCUT2D eigenvalue weighted by Gasteiger charge is 2.22. The van der Waals surface area contributed by atoms with Gasteiger partial charge in [-0.05, 0) is 32.8 Å². The van der Waals surface area contributed by atoms with E-state index in [2.05, 4.69) is 0 Å². The minimum absolute atomic E-state index is 0.0254. The zero-order valence-electron chi connectivity index (χ0n) is 12.3. The van der Waals surface area contributed by atoms with Crippen molar-refractivity contribution < 1.29 is 14.7 Å². The predicted octanol–water partition coefficient (Wildman–Crippen LogP) is 3.57. The van der Waals surface area contributed by atoms with Crippen LogP contribution in [0.3, 0.4) is 0 Å². The number of aryl methyl sites for hydroxylation is 2. The molecule has 1 aromatic heterocycles. The van der Waals surface area contributed by atoms with Gasteiger partial charge in [0.15, 0.2) is 5.78 Å². The molecule has 0 aliphatic rings. The van der Waals surface area contributed by atoms with Gasteiger partial charge in [0.2, 0.25) is 0 Å². The second-order valence-electron chi connectivity index (χ2n) is 5.13. The van der Waals surface area contributed by atoms with Crippen molar-refractivity contribution in [2.75, 3.05) is 0 Å². The minimum Gasteiger partial charge on any atom is -0.478 e. The quantitative estimate of drug-likeness (QED) is 0.866. The van der Waals surface area contributed by atoms with Crippen molar-refractivity contribution in [3.05, 3.63) is 34.5 Å². The van der Waals surface area contributed by atoms with E-state index in [0.29, 0.717) is 23.2 Å². The summed E-state index contributed by atoms with van der Waals surface area (Å²) >= 11 is 0. The first-order valence-corrected chi connectivity index (χ1v) is 6.76. The fourth-order valence-corrected chi connectivity index (χ4v) is 2.89. The first-order chi connectivity index (χ1) is 9.40. The highest BCUT2D eigenvalue weighted by molar-refractivity contribution is 6.13. The molecule has 2 aromatic rings. The highest BCUT2D eigenvalue weighted by atomic mass is 16.4. The Morgan fingerprint density at radius 3 is 2.35 bits per heavy atom. The van der Waals surface area contributed by atoms with Crippen LogP contribution in [-0.4, -0.2) is 21.4 Å². The van der Waals surface area contributed by atoms with Gasteiger partial charge in [-0.25, -0.2) is 4.79 Å². The van der Waals surface area contributed by atoms with Crippen LogP contribution in [0.25, 0.3) is 10.9 Å². The molecule has 0 fully saturated rings. The maximum absolute atomic E-state index is 11.9. The predicted molar refractivity (Wildman–Crippen MR) is 78.7 cm³/mol. The molecule has 0 aliphatic carbocycles. The van der Waals surface area contributed by atoms with Gasteiger partial charge in [0.25, 0.3) is 0 Å². The average molecular weight is 273 g/mol. The number of aromatic carboxylic acids is 1. The van der Waals surface area contributed by atoms with Gasteiger partial charge in [-0.3, -0.25) is 4.79 Å². The lowest BCUT2D eigenvalue weighted by Crippen LogP contribution is -2.07. The molecule has 0 spiro atoms. The van der Waals surface area contributed by atoms with Crippen molar-refractivity contribution in [1.29, 1.82) is 0 Å². The lowest BCUT2D eigenvalue weighted by Gasteiger charge is -2.10. The SMILES string of the molecule is CCCn1c(C)c(C(C)=O)c2ccc(C)c(C(=O)O)c21. The normalized spacial score (nSPS) is 11.0. The number of carbonyl (C=O) groups excluding carboxylic acids is 1. The summed E-state index contributed by atoms with van der Waals surface area (Å²) < 4.78 is 1.96. The molecular weight excluding hydrogens is 254 g/mol. The van der Waals surface area contributed by atoms with E-state index in [-0.39, 0.29) is 5.78 Å². The Bertz CT molecular complexity index is 710. The van der Waals surface area contributed by atoms with E-state index >= 15 is 0 Å². The summed E-state index contributed by atoms with van der Waals surface area (Å²) in [6.07, 6.45) is 0.884. The van der Waals surface area contributed by atoms with Gasteiger partial charge in [0.05, 0.1) is 11.1 Å². The molecule has 4 nitrogen and oxygen atoms in total. The summed E-state index contributed by atoms with van der Waals surface area (Å²) in [4.78, 5) is 23.5. The summed E-state index contributed by atoms with van der Waals surface area (Å²) in [6.45, 7) is 7.94. The number of ketones is 1. The third-order valence-electron chi connectivity index (χ3n) is 3.71. The first-order valence-electron chi connectivity index (χ1n) is 6.76. The van der Waals surface area contributed by atoms with Crippen molar-refractivity contribution in [3.8, 4) is 0 Å².